The summed E-state index contributed by atoms with van der Waals surface area (Å²) in [7, 11) is 0. The fraction of sp³-hybridized carbons (Fsp3) is 0.600. The van der Waals surface area contributed by atoms with Gasteiger partial charge in [-0.3, -0.25) is 4.90 Å². The predicted octanol–water partition coefficient (Wildman–Crippen LogP) is 1.99. The number of phenolic OH excluding ortho intramolecular Hbond substituents is 1. The average Bonchev–Trinajstić information content (AvgIpc) is 2.35. The van der Waals surface area contributed by atoms with Crippen molar-refractivity contribution in [2.24, 2.45) is 11.7 Å². The average molecular weight is 248 g/mol. The fourth-order valence-corrected chi connectivity index (χ4v) is 2.63. The Hall–Kier alpha value is -1.06. The van der Waals surface area contributed by atoms with Gasteiger partial charge in [0.15, 0.2) is 0 Å². The molecule has 3 heteroatoms. The van der Waals surface area contributed by atoms with Gasteiger partial charge in [0.1, 0.15) is 5.75 Å². The second-order valence-electron chi connectivity index (χ2n) is 5.64. The van der Waals surface area contributed by atoms with Crippen LogP contribution in [0.4, 0.5) is 0 Å². The molecule has 0 spiro atoms. The Labute approximate surface area is 110 Å². The molecule has 1 aromatic carbocycles. The number of nitrogens with zero attached hydrogens (tertiary/aromatic N) is 1. The summed E-state index contributed by atoms with van der Waals surface area (Å²) in [6, 6.07) is 8.32. The standard InChI is InChI=1S/C15H24N2O/c1-11-7-8-17(10-15(11)16)12(2)9-13-3-5-14(18)6-4-13/h3-6,11-12,15,18H,7-10,16H2,1-2H3. The first-order chi connectivity index (χ1) is 8.56. The molecule has 100 valence electrons. The zero-order chi connectivity index (χ0) is 13.1. The summed E-state index contributed by atoms with van der Waals surface area (Å²) in [5.74, 6) is 0.974. The van der Waals surface area contributed by atoms with Gasteiger partial charge in [0.2, 0.25) is 0 Å². The van der Waals surface area contributed by atoms with Gasteiger partial charge in [-0.15, -0.1) is 0 Å². The van der Waals surface area contributed by atoms with E-state index in [4.69, 9.17) is 5.73 Å². The maximum atomic E-state index is 9.28. The summed E-state index contributed by atoms with van der Waals surface area (Å²) in [4.78, 5) is 2.48. The highest BCUT2D eigenvalue weighted by atomic mass is 16.3. The molecule has 0 aliphatic carbocycles. The van der Waals surface area contributed by atoms with Crippen molar-refractivity contribution in [3.8, 4) is 5.75 Å². The normalized spacial score (nSPS) is 27.1. The Balaban J connectivity index is 1.91. The molecule has 1 aliphatic rings. The molecule has 0 aromatic heterocycles. The molecule has 3 N–H and O–H groups in total. The first-order valence-corrected chi connectivity index (χ1v) is 6.84. The maximum Gasteiger partial charge on any atom is 0.115 e. The molecule has 0 amide bonds. The molecule has 1 heterocycles. The molecule has 0 radical (unpaired) electrons. The van der Waals surface area contributed by atoms with E-state index < -0.39 is 0 Å². The van der Waals surface area contributed by atoms with Crippen molar-refractivity contribution in [3.05, 3.63) is 29.8 Å². The van der Waals surface area contributed by atoms with Crippen LogP contribution in [0.15, 0.2) is 24.3 Å². The van der Waals surface area contributed by atoms with Crippen LogP contribution in [-0.4, -0.2) is 35.2 Å². The van der Waals surface area contributed by atoms with Crippen molar-refractivity contribution in [1.29, 1.82) is 0 Å². The van der Waals surface area contributed by atoms with Crippen LogP contribution in [0.2, 0.25) is 0 Å². The Morgan fingerprint density at radius 1 is 1.39 bits per heavy atom. The third-order valence-corrected chi connectivity index (χ3v) is 4.14. The minimum absolute atomic E-state index is 0.306. The number of piperidine rings is 1. The number of benzene rings is 1. The van der Waals surface area contributed by atoms with E-state index in [-0.39, 0.29) is 0 Å². The second-order valence-corrected chi connectivity index (χ2v) is 5.64. The molecular weight excluding hydrogens is 224 g/mol. The number of likely N-dealkylation sites (tertiary alicyclic amines) is 1. The van der Waals surface area contributed by atoms with Crippen LogP contribution in [0.3, 0.4) is 0 Å². The first kappa shape index (κ1) is 13.4. The summed E-state index contributed by atoms with van der Waals surface area (Å²) in [6.45, 7) is 6.65. The van der Waals surface area contributed by atoms with Gasteiger partial charge >= 0.3 is 0 Å². The smallest absolute Gasteiger partial charge is 0.115 e. The highest BCUT2D eigenvalue weighted by Gasteiger charge is 2.25. The molecule has 3 unspecified atom stereocenters. The predicted molar refractivity (Wildman–Crippen MR) is 74.6 cm³/mol. The van der Waals surface area contributed by atoms with Gasteiger partial charge in [-0.05, 0) is 49.9 Å². The number of rotatable bonds is 3. The lowest BCUT2D eigenvalue weighted by molar-refractivity contribution is 0.128. The van der Waals surface area contributed by atoms with Gasteiger partial charge in [-0.1, -0.05) is 19.1 Å². The van der Waals surface area contributed by atoms with Gasteiger partial charge in [0.25, 0.3) is 0 Å². The van der Waals surface area contributed by atoms with Gasteiger partial charge in [0, 0.05) is 18.6 Å². The molecule has 3 nitrogen and oxygen atoms in total. The zero-order valence-corrected chi connectivity index (χ0v) is 11.3. The summed E-state index contributed by atoms with van der Waals surface area (Å²) in [5.41, 5.74) is 7.42. The molecule has 1 fully saturated rings. The van der Waals surface area contributed by atoms with Crippen LogP contribution in [0.25, 0.3) is 0 Å². The lowest BCUT2D eigenvalue weighted by Gasteiger charge is -2.38. The van der Waals surface area contributed by atoms with Crippen LogP contribution >= 0.6 is 0 Å². The Morgan fingerprint density at radius 3 is 2.67 bits per heavy atom. The largest absolute Gasteiger partial charge is 0.508 e. The Kier molecular flexibility index (Phi) is 4.25. The van der Waals surface area contributed by atoms with Gasteiger partial charge < -0.3 is 10.8 Å². The van der Waals surface area contributed by atoms with Gasteiger partial charge in [-0.2, -0.15) is 0 Å². The quantitative estimate of drug-likeness (QED) is 0.860. The van der Waals surface area contributed by atoms with E-state index in [1.807, 2.05) is 12.1 Å². The van der Waals surface area contributed by atoms with E-state index in [0.29, 0.717) is 23.8 Å². The Morgan fingerprint density at radius 2 is 2.06 bits per heavy atom. The number of hydrogen-bond donors (Lipinski definition) is 2. The van der Waals surface area contributed by atoms with E-state index in [9.17, 15) is 5.11 Å². The SMILES string of the molecule is CC1CCN(C(C)Cc2ccc(O)cc2)CC1N. The van der Waals surface area contributed by atoms with Crippen molar-refractivity contribution >= 4 is 0 Å². The minimum Gasteiger partial charge on any atom is -0.508 e. The van der Waals surface area contributed by atoms with Crippen LogP contribution < -0.4 is 5.73 Å². The van der Waals surface area contributed by atoms with Crippen LogP contribution in [0, 0.1) is 5.92 Å². The molecule has 1 aromatic rings. The number of phenols is 1. The third kappa shape index (κ3) is 3.24. The lowest BCUT2D eigenvalue weighted by Crippen LogP contribution is -2.51. The molecule has 1 aliphatic heterocycles. The Bertz CT molecular complexity index is 377. The number of hydrogen-bond acceptors (Lipinski definition) is 3. The van der Waals surface area contributed by atoms with E-state index in [1.165, 1.54) is 12.0 Å². The van der Waals surface area contributed by atoms with Crippen LogP contribution in [0.5, 0.6) is 5.75 Å². The summed E-state index contributed by atoms with van der Waals surface area (Å²) < 4.78 is 0. The fourth-order valence-electron chi connectivity index (χ4n) is 2.63. The summed E-state index contributed by atoms with van der Waals surface area (Å²) in [6.07, 6.45) is 2.21. The molecule has 1 saturated heterocycles. The first-order valence-electron chi connectivity index (χ1n) is 6.84. The highest BCUT2D eigenvalue weighted by Crippen LogP contribution is 2.20. The lowest BCUT2D eigenvalue weighted by atomic mass is 9.92. The molecule has 3 atom stereocenters. The maximum absolute atomic E-state index is 9.28. The van der Waals surface area contributed by atoms with E-state index in [1.54, 1.807) is 12.1 Å². The van der Waals surface area contributed by atoms with Gasteiger partial charge in [-0.25, -0.2) is 0 Å². The molecule has 0 saturated carbocycles. The van der Waals surface area contributed by atoms with Crippen molar-refractivity contribution in [2.45, 2.75) is 38.8 Å². The molecular formula is C15H24N2O. The van der Waals surface area contributed by atoms with E-state index in [0.717, 1.165) is 19.5 Å². The van der Waals surface area contributed by atoms with Crippen molar-refractivity contribution in [2.75, 3.05) is 13.1 Å². The monoisotopic (exact) mass is 248 g/mol. The molecule has 18 heavy (non-hydrogen) atoms. The molecule has 0 bridgehead atoms. The third-order valence-electron chi connectivity index (χ3n) is 4.14. The molecule has 2 rings (SSSR count). The topological polar surface area (TPSA) is 49.5 Å². The number of nitrogens with two attached hydrogens (primary N) is 1. The van der Waals surface area contributed by atoms with Gasteiger partial charge in [0.05, 0.1) is 0 Å². The van der Waals surface area contributed by atoms with Crippen molar-refractivity contribution < 1.29 is 5.11 Å². The highest BCUT2D eigenvalue weighted by molar-refractivity contribution is 5.26. The summed E-state index contributed by atoms with van der Waals surface area (Å²) >= 11 is 0. The number of aromatic hydroxyl groups is 1. The second kappa shape index (κ2) is 5.72. The van der Waals surface area contributed by atoms with Crippen molar-refractivity contribution in [3.63, 3.8) is 0 Å². The zero-order valence-electron chi connectivity index (χ0n) is 11.3. The van der Waals surface area contributed by atoms with Crippen LogP contribution in [-0.2, 0) is 6.42 Å². The minimum atomic E-state index is 0.306. The van der Waals surface area contributed by atoms with E-state index >= 15 is 0 Å². The van der Waals surface area contributed by atoms with Crippen molar-refractivity contribution in [1.82, 2.24) is 4.90 Å². The van der Waals surface area contributed by atoms with Crippen LogP contribution in [0.1, 0.15) is 25.8 Å². The summed E-state index contributed by atoms with van der Waals surface area (Å²) in [5, 5.41) is 9.28. The van der Waals surface area contributed by atoms with E-state index in [2.05, 4.69) is 18.7 Å².